The molecule has 2 unspecified atom stereocenters. The average molecular weight is 240 g/mol. The quantitative estimate of drug-likeness (QED) is 0.812. The SMILES string of the molecule is CCCC(C)CN1CCCNC(C(C)(C)C)C1. The van der Waals surface area contributed by atoms with Crippen LogP contribution in [0.3, 0.4) is 0 Å². The Hall–Kier alpha value is -0.0800. The molecule has 1 aliphatic rings. The standard InChI is InChI=1S/C15H32N2/c1-6-8-13(2)11-17-10-7-9-16-14(12-17)15(3,4)5/h13-14,16H,6-12H2,1-5H3. The fourth-order valence-corrected chi connectivity index (χ4v) is 2.76. The van der Waals surface area contributed by atoms with E-state index in [1.807, 2.05) is 0 Å². The van der Waals surface area contributed by atoms with Crippen LogP contribution in [-0.4, -0.2) is 37.1 Å². The fraction of sp³-hybridized carbons (Fsp3) is 1.00. The lowest BCUT2D eigenvalue weighted by Gasteiger charge is -2.34. The predicted molar refractivity (Wildman–Crippen MR) is 76.4 cm³/mol. The highest BCUT2D eigenvalue weighted by Crippen LogP contribution is 2.22. The van der Waals surface area contributed by atoms with Crippen LogP contribution in [0.4, 0.5) is 0 Å². The highest BCUT2D eigenvalue weighted by Gasteiger charge is 2.28. The van der Waals surface area contributed by atoms with Gasteiger partial charge in [0.25, 0.3) is 0 Å². The van der Waals surface area contributed by atoms with Crippen LogP contribution in [0.2, 0.25) is 0 Å². The van der Waals surface area contributed by atoms with E-state index in [-0.39, 0.29) is 0 Å². The third-order valence-corrected chi connectivity index (χ3v) is 3.88. The highest BCUT2D eigenvalue weighted by molar-refractivity contribution is 4.86. The van der Waals surface area contributed by atoms with Gasteiger partial charge in [-0.15, -0.1) is 0 Å². The van der Waals surface area contributed by atoms with Crippen molar-refractivity contribution < 1.29 is 0 Å². The number of nitrogens with zero attached hydrogens (tertiary/aromatic N) is 1. The molecule has 0 spiro atoms. The van der Waals surface area contributed by atoms with Crippen LogP contribution >= 0.6 is 0 Å². The van der Waals surface area contributed by atoms with Crippen LogP contribution in [0.5, 0.6) is 0 Å². The van der Waals surface area contributed by atoms with Crippen molar-refractivity contribution in [3.05, 3.63) is 0 Å². The van der Waals surface area contributed by atoms with Crippen molar-refractivity contribution in [3.8, 4) is 0 Å². The van der Waals surface area contributed by atoms with Crippen molar-refractivity contribution in [1.29, 1.82) is 0 Å². The molecule has 1 N–H and O–H groups in total. The summed E-state index contributed by atoms with van der Waals surface area (Å²) in [5, 5.41) is 3.72. The van der Waals surface area contributed by atoms with Crippen molar-refractivity contribution in [3.63, 3.8) is 0 Å². The van der Waals surface area contributed by atoms with Gasteiger partial charge in [-0.25, -0.2) is 0 Å². The maximum Gasteiger partial charge on any atom is 0.0243 e. The van der Waals surface area contributed by atoms with Gasteiger partial charge in [0.1, 0.15) is 0 Å². The van der Waals surface area contributed by atoms with Crippen LogP contribution in [0.1, 0.15) is 53.9 Å². The minimum absolute atomic E-state index is 0.372. The molecule has 0 bridgehead atoms. The maximum absolute atomic E-state index is 3.72. The van der Waals surface area contributed by atoms with Crippen LogP contribution in [0.15, 0.2) is 0 Å². The van der Waals surface area contributed by atoms with Crippen molar-refractivity contribution in [1.82, 2.24) is 10.2 Å². The summed E-state index contributed by atoms with van der Waals surface area (Å²) in [4.78, 5) is 2.68. The van der Waals surface area contributed by atoms with Gasteiger partial charge in [-0.1, -0.05) is 41.0 Å². The summed E-state index contributed by atoms with van der Waals surface area (Å²) in [5.41, 5.74) is 0.372. The van der Waals surface area contributed by atoms with E-state index in [4.69, 9.17) is 0 Å². The normalized spacial score (nSPS) is 25.6. The smallest absolute Gasteiger partial charge is 0.0243 e. The first-order valence-electron chi connectivity index (χ1n) is 7.39. The second-order valence-electron chi connectivity index (χ2n) is 6.88. The van der Waals surface area contributed by atoms with Crippen LogP contribution in [0.25, 0.3) is 0 Å². The van der Waals surface area contributed by atoms with Gasteiger partial charge in [0, 0.05) is 19.1 Å². The van der Waals surface area contributed by atoms with E-state index in [0.717, 1.165) is 5.92 Å². The topological polar surface area (TPSA) is 15.3 Å². The molecule has 0 aromatic heterocycles. The molecular weight excluding hydrogens is 208 g/mol. The lowest BCUT2D eigenvalue weighted by Crippen LogP contribution is -2.46. The predicted octanol–water partition coefficient (Wildman–Crippen LogP) is 3.13. The zero-order valence-corrected chi connectivity index (χ0v) is 12.6. The Morgan fingerprint density at radius 1 is 1.35 bits per heavy atom. The molecule has 0 aliphatic carbocycles. The van der Waals surface area contributed by atoms with Crippen molar-refractivity contribution >= 4 is 0 Å². The second-order valence-corrected chi connectivity index (χ2v) is 6.88. The zero-order valence-electron chi connectivity index (χ0n) is 12.6. The molecule has 1 fully saturated rings. The van der Waals surface area contributed by atoms with Gasteiger partial charge >= 0.3 is 0 Å². The van der Waals surface area contributed by atoms with Crippen LogP contribution < -0.4 is 5.32 Å². The molecule has 0 aromatic carbocycles. The van der Waals surface area contributed by atoms with Crippen LogP contribution in [0, 0.1) is 11.3 Å². The van der Waals surface area contributed by atoms with E-state index in [1.54, 1.807) is 0 Å². The first kappa shape index (κ1) is 15.0. The number of nitrogens with one attached hydrogen (secondary N) is 1. The van der Waals surface area contributed by atoms with Crippen LogP contribution in [-0.2, 0) is 0 Å². The van der Waals surface area contributed by atoms with E-state index in [2.05, 4.69) is 44.8 Å². The highest BCUT2D eigenvalue weighted by atomic mass is 15.2. The molecule has 0 saturated carbocycles. The zero-order chi connectivity index (χ0) is 12.9. The third-order valence-electron chi connectivity index (χ3n) is 3.88. The summed E-state index contributed by atoms with van der Waals surface area (Å²) in [6.07, 6.45) is 3.98. The summed E-state index contributed by atoms with van der Waals surface area (Å²) >= 11 is 0. The van der Waals surface area contributed by atoms with Gasteiger partial charge in [0.15, 0.2) is 0 Å². The molecule has 2 atom stereocenters. The first-order valence-corrected chi connectivity index (χ1v) is 7.39. The molecule has 2 nitrogen and oxygen atoms in total. The molecule has 0 radical (unpaired) electrons. The summed E-state index contributed by atoms with van der Waals surface area (Å²) in [6, 6.07) is 0.638. The molecule has 102 valence electrons. The Morgan fingerprint density at radius 2 is 2.06 bits per heavy atom. The Labute approximate surface area is 108 Å². The number of hydrogen-bond acceptors (Lipinski definition) is 2. The van der Waals surface area contributed by atoms with E-state index in [0.29, 0.717) is 11.5 Å². The number of rotatable bonds is 4. The average Bonchev–Trinajstić information content (AvgIpc) is 2.42. The van der Waals surface area contributed by atoms with Gasteiger partial charge < -0.3 is 10.2 Å². The maximum atomic E-state index is 3.72. The lowest BCUT2D eigenvalue weighted by atomic mass is 9.86. The molecule has 1 aliphatic heterocycles. The monoisotopic (exact) mass is 240 g/mol. The fourth-order valence-electron chi connectivity index (χ4n) is 2.76. The Bertz CT molecular complexity index is 207. The number of hydrogen-bond donors (Lipinski definition) is 1. The van der Waals surface area contributed by atoms with Gasteiger partial charge in [-0.05, 0) is 37.3 Å². The Kier molecular flexibility index (Phi) is 5.94. The molecule has 0 amide bonds. The summed E-state index contributed by atoms with van der Waals surface area (Å²) in [7, 11) is 0. The van der Waals surface area contributed by atoms with E-state index in [1.165, 1.54) is 45.4 Å². The Balaban J connectivity index is 2.48. The van der Waals surface area contributed by atoms with Gasteiger partial charge in [0.05, 0.1) is 0 Å². The van der Waals surface area contributed by atoms with Gasteiger partial charge in [0.2, 0.25) is 0 Å². The first-order chi connectivity index (χ1) is 7.93. The molecule has 1 heterocycles. The van der Waals surface area contributed by atoms with Crippen molar-refractivity contribution in [2.45, 2.75) is 59.9 Å². The van der Waals surface area contributed by atoms with Crippen molar-refractivity contribution in [2.24, 2.45) is 11.3 Å². The summed E-state index contributed by atoms with van der Waals surface area (Å²) in [6.45, 7) is 16.7. The largest absolute Gasteiger partial charge is 0.312 e. The molecule has 1 saturated heterocycles. The Morgan fingerprint density at radius 3 is 2.65 bits per heavy atom. The molecule has 1 rings (SSSR count). The molecular formula is C15H32N2. The van der Waals surface area contributed by atoms with E-state index < -0.39 is 0 Å². The summed E-state index contributed by atoms with van der Waals surface area (Å²) < 4.78 is 0. The molecule has 0 aromatic rings. The minimum Gasteiger partial charge on any atom is -0.312 e. The van der Waals surface area contributed by atoms with Crippen molar-refractivity contribution in [2.75, 3.05) is 26.2 Å². The van der Waals surface area contributed by atoms with E-state index >= 15 is 0 Å². The lowest BCUT2D eigenvalue weighted by molar-refractivity contribution is 0.178. The molecule has 2 heteroatoms. The van der Waals surface area contributed by atoms with Gasteiger partial charge in [-0.2, -0.15) is 0 Å². The minimum atomic E-state index is 0.372. The summed E-state index contributed by atoms with van der Waals surface area (Å²) in [5.74, 6) is 0.846. The van der Waals surface area contributed by atoms with Gasteiger partial charge in [-0.3, -0.25) is 0 Å². The van der Waals surface area contributed by atoms with E-state index in [9.17, 15) is 0 Å². The second kappa shape index (κ2) is 6.75. The molecule has 17 heavy (non-hydrogen) atoms. The third kappa shape index (κ3) is 5.39.